The first kappa shape index (κ1) is 25.8. The Morgan fingerprint density at radius 1 is 1.12 bits per heavy atom. The molecule has 180 valence electrons. The largest absolute Gasteiger partial charge is 0.416 e. The second-order valence-corrected chi connectivity index (χ2v) is 10.4. The number of allylic oxidation sites excluding steroid dienone is 1. The van der Waals surface area contributed by atoms with Crippen molar-refractivity contribution in [1.29, 1.82) is 0 Å². The highest BCUT2D eigenvalue weighted by molar-refractivity contribution is 7.16. The summed E-state index contributed by atoms with van der Waals surface area (Å²) in [5.74, 6) is 0. The van der Waals surface area contributed by atoms with Crippen LogP contribution in [0.2, 0.25) is 0 Å². The molecule has 2 nitrogen and oxygen atoms in total. The molecule has 0 radical (unpaired) electrons. The predicted octanol–water partition coefficient (Wildman–Crippen LogP) is 8.52. The minimum atomic E-state index is -4.35. The van der Waals surface area contributed by atoms with Gasteiger partial charge in [-0.3, -0.25) is 0 Å². The minimum absolute atomic E-state index is 0.0312. The molecule has 0 amide bonds. The van der Waals surface area contributed by atoms with Crippen LogP contribution in [0.3, 0.4) is 0 Å². The summed E-state index contributed by atoms with van der Waals surface area (Å²) in [4.78, 5) is 5.46. The Morgan fingerprint density at radius 3 is 2.32 bits per heavy atom. The number of hydrogen-bond donors (Lipinski definition) is 1. The summed E-state index contributed by atoms with van der Waals surface area (Å²) in [6.07, 6.45) is -1.43. The van der Waals surface area contributed by atoms with Crippen molar-refractivity contribution in [2.75, 3.05) is 0 Å². The Bertz CT molecular complexity index is 1190. The maximum atomic E-state index is 12.9. The third kappa shape index (κ3) is 5.98. The van der Waals surface area contributed by atoms with Crippen molar-refractivity contribution in [3.05, 3.63) is 94.5 Å². The van der Waals surface area contributed by atoms with Crippen LogP contribution in [-0.2, 0) is 12.6 Å². The summed E-state index contributed by atoms with van der Waals surface area (Å²) in [5.41, 5.74) is 5.27. The summed E-state index contributed by atoms with van der Waals surface area (Å²) in [6, 6.07) is 11.6. The molecular formula is C28H31F3N2S. The molecule has 0 aliphatic rings. The van der Waals surface area contributed by atoms with E-state index in [1.807, 2.05) is 13.0 Å². The average molecular weight is 485 g/mol. The van der Waals surface area contributed by atoms with Gasteiger partial charge in [0.15, 0.2) is 0 Å². The molecule has 1 atom stereocenters. The number of rotatable bonds is 8. The maximum absolute atomic E-state index is 12.9. The highest BCUT2D eigenvalue weighted by Gasteiger charge is 2.30. The molecule has 1 N–H and O–H groups in total. The van der Waals surface area contributed by atoms with E-state index >= 15 is 0 Å². The number of hydrogen-bond acceptors (Lipinski definition) is 3. The molecule has 6 heteroatoms. The van der Waals surface area contributed by atoms with Crippen LogP contribution in [0.5, 0.6) is 0 Å². The number of alkyl halides is 3. The minimum Gasteiger partial charge on any atom is -0.378 e. The van der Waals surface area contributed by atoms with E-state index in [0.717, 1.165) is 40.4 Å². The lowest BCUT2D eigenvalue weighted by atomic mass is 9.84. The quantitative estimate of drug-likeness (QED) is 0.324. The molecule has 0 fully saturated rings. The summed E-state index contributed by atoms with van der Waals surface area (Å²) < 4.78 is 38.6. The second-order valence-electron chi connectivity index (χ2n) is 9.41. The third-order valence-corrected chi connectivity index (χ3v) is 7.25. The molecule has 0 aliphatic heterocycles. The van der Waals surface area contributed by atoms with E-state index in [0.29, 0.717) is 10.6 Å². The summed E-state index contributed by atoms with van der Waals surface area (Å²) in [5, 5.41) is 4.13. The van der Waals surface area contributed by atoms with Crippen molar-refractivity contribution in [2.24, 2.45) is 5.41 Å². The molecule has 0 saturated heterocycles. The number of halogens is 3. The highest BCUT2D eigenvalue weighted by Crippen LogP contribution is 2.35. The van der Waals surface area contributed by atoms with Crippen molar-refractivity contribution in [2.45, 2.75) is 53.3 Å². The Labute approximate surface area is 204 Å². The molecule has 0 saturated carbocycles. The van der Waals surface area contributed by atoms with Crippen molar-refractivity contribution in [3.63, 3.8) is 0 Å². The first-order chi connectivity index (χ1) is 15.8. The van der Waals surface area contributed by atoms with Gasteiger partial charge in [0.25, 0.3) is 0 Å². The smallest absolute Gasteiger partial charge is 0.378 e. The van der Waals surface area contributed by atoms with E-state index in [4.69, 9.17) is 0 Å². The molecule has 34 heavy (non-hydrogen) atoms. The fraction of sp³-hybridized carbons (Fsp3) is 0.321. The Hall–Kier alpha value is -2.86. The molecule has 2 aromatic carbocycles. The van der Waals surface area contributed by atoms with Crippen LogP contribution in [-0.4, -0.2) is 4.98 Å². The number of thiazole rings is 1. The van der Waals surface area contributed by atoms with Gasteiger partial charge >= 0.3 is 6.18 Å². The lowest BCUT2D eigenvalue weighted by Gasteiger charge is -2.23. The van der Waals surface area contributed by atoms with Crippen LogP contribution in [0.25, 0.3) is 16.3 Å². The van der Waals surface area contributed by atoms with Gasteiger partial charge in [-0.2, -0.15) is 13.2 Å². The molecule has 1 heterocycles. The number of benzene rings is 2. The molecule has 0 bridgehead atoms. The maximum Gasteiger partial charge on any atom is 0.416 e. The van der Waals surface area contributed by atoms with E-state index in [2.05, 4.69) is 69.4 Å². The second kappa shape index (κ2) is 9.79. The van der Waals surface area contributed by atoms with Crippen LogP contribution < -0.4 is 5.32 Å². The lowest BCUT2D eigenvalue weighted by molar-refractivity contribution is -0.137. The van der Waals surface area contributed by atoms with Gasteiger partial charge < -0.3 is 5.32 Å². The zero-order chi connectivity index (χ0) is 25.3. The number of nitrogens with one attached hydrogen (secondary N) is 1. The molecule has 1 aromatic heterocycles. The van der Waals surface area contributed by atoms with Crippen LogP contribution >= 0.6 is 11.3 Å². The van der Waals surface area contributed by atoms with E-state index in [1.165, 1.54) is 34.6 Å². The SMILES string of the molecule is C=CC(C)(C)Cc1ccc(C(C)NC(=C)c2sc(-c3ccc(C(F)(F)F)cc3)nc2C)cc1C. The monoisotopic (exact) mass is 484 g/mol. The van der Waals surface area contributed by atoms with Crippen molar-refractivity contribution in [3.8, 4) is 10.6 Å². The van der Waals surface area contributed by atoms with Gasteiger partial charge in [-0.1, -0.05) is 56.8 Å². The van der Waals surface area contributed by atoms with Crippen molar-refractivity contribution in [1.82, 2.24) is 10.3 Å². The van der Waals surface area contributed by atoms with Crippen LogP contribution in [0, 0.1) is 19.3 Å². The fourth-order valence-corrected chi connectivity index (χ4v) is 4.77. The van der Waals surface area contributed by atoms with Gasteiger partial charge in [0.2, 0.25) is 0 Å². The Balaban J connectivity index is 1.74. The van der Waals surface area contributed by atoms with E-state index in [1.54, 1.807) is 0 Å². The van der Waals surface area contributed by atoms with E-state index in [9.17, 15) is 13.2 Å². The Kier molecular flexibility index (Phi) is 7.41. The van der Waals surface area contributed by atoms with Crippen molar-refractivity contribution >= 4 is 17.0 Å². The average Bonchev–Trinajstić information content (AvgIpc) is 3.16. The normalized spacial score (nSPS) is 12.9. The molecule has 0 aliphatic carbocycles. The van der Waals surface area contributed by atoms with Gasteiger partial charge in [-0.25, -0.2) is 4.98 Å². The predicted molar refractivity (Wildman–Crippen MR) is 137 cm³/mol. The number of aromatic nitrogens is 1. The molecule has 0 spiro atoms. The van der Waals surface area contributed by atoms with Gasteiger partial charge in [0.1, 0.15) is 5.01 Å². The van der Waals surface area contributed by atoms with Crippen LogP contribution in [0.1, 0.15) is 59.6 Å². The van der Waals surface area contributed by atoms with E-state index < -0.39 is 11.7 Å². The van der Waals surface area contributed by atoms with Crippen LogP contribution in [0.15, 0.2) is 61.7 Å². The van der Waals surface area contributed by atoms with Crippen molar-refractivity contribution < 1.29 is 13.2 Å². The number of aryl methyl sites for hydroxylation is 2. The standard InChI is InChI=1S/C28H31F3N2S/c1-8-27(6,7)16-23-10-9-22(15-17(23)2)18(3)32-19(4)25-20(5)33-26(34-25)21-11-13-24(14-12-21)28(29,30)31/h8-15,18,32H,1,4,16H2,2-3,5-7H3. The van der Waals surface area contributed by atoms with Gasteiger partial charge in [-0.15, -0.1) is 17.9 Å². The molecular weight excluding hydrogens is 453 g/mol. The summed E-state index contributed by atoms with van der Waals surface area (Å²) >= 11 is 1.42. The zero-order valence-corrected chi connectivity index (χ0v) is 21.1. The third-order valence-electron chi connectivity index (χ3n) is 5.99. The first-order valence-corrected chi connectivity index (χ1v) is 12.0. The number of nitrogens with zero attached hydrogens (tertiary/aromatic N) is 1. The Morgan fingerprint density at radius 2 is 1.76 bits per heavy atom. The van der Waals surface area contributed by atoms with E-state index in [-0.39, 0.29) is 11.5 Å². The highest BCUT2D eigenvalue weighted by atomic mass is 32.1. The zero-order valence-electron chi connectivity index (χ0n) is 20.3. The summed E-state index contributed by atoms with van der Waals surface area (Å²) in [7, 11) is 0. The van der Waals surface area contributed by atoms with Crippen LogP contribution in [0.4, 0.5) is 13.2 Å². The van der Waals surface area contributed by atoms with Gasteiger partial charge in [0, 0.05) is 17.3 Å². The van der Waals surface area contributed by atoms with Gasteiger partial charge in [-0.05, 0) is 61.4 Å². The molecule has 3 rings (SSSR count). The topological polar surface area (TPSA) is 24.9 Å². The molecule has 3 aromatic rings. The molecule has 1 unspecified atom stereocenters. The first-order valence-electron chi connectivity index (χ1n) is 11.1. The summed E-state index contributed by atoms with van der Waals surface area (Å²) in [6.45, 7) is 18.6. The fourth-order valence-electron chi connectivity index (χ4n) is 3.76. The lowest BCUT2D eigenvalue weighted by Crippen LogP contribution is -2.17. The van der Waals surface area contributed by atoms with Gasteiger partial charge in [0.05, 0.1) is 16.1 Å².